The van der Waals surface area contributed by atoms with E-state index in [1.165, 1.54) is 3.33 Å². The van der Waals surface area contributed by atoms with E-state index < -0.39 is 10.0 Å². The Hall–Kier alpha value is -0.430. The summed E-state index contributed by atoms with van der Waals surface area (Å²) in [4.78, 5) is 0.274. The summed E-state index contributed by atoms with van der Waals surface area (Å²) in [7, 11) is -3.51. The molecule has 6 heteroatoms. The van der Waals surface area contributed by atoms with Crippen LogP contribution in [0.3, 0.4) is 0 Å². The average molecular weight is 320 g/mol. The second kappa shape index (κ2) is 4.68. The molecule has 1 N–H and O–H groups in total. The number of sulfonamides is 1. The van der Waals surface area contributed by atoms with Crippen LogP contribution in [0.5, 0.6) is 0 Å². The molecule has 2 rings (SSSR count). The third-order valence-electron chi connectivity index (χ3n) is 2.89. The van der Waals surface area contributed by atoms with Crippen LogP contribution in [0.2, 0.25) is 0 Å². The fourth-order valence-electron chi connectivity index (χ4n) is 1.80. The largest absolute Gasteiger partial charge is 0.393 e. The third-order valence-corrected chi connectivity index (χ3v) is 6.22. The first-order valence-corrected chi connectivity index (χ1v) is 7.51. The number of halogens is 1. The molecule has 94 valence electrons. The van der Waals surface area contributed by atoms with Crippen LogP contribution in [0.4, 0.5) is 0 Å². The summed E-state index contributed by atoms with van der Waals surface area (Å²) in [6.07, 6.45) is 0.583. The van der Waals surface area contributed by atoms with E-state index in [0.717, 1.165) is 5.56 Å². The Balaban J connectivity index is 2.24. The van der Waals surface area contributed by atoms with E-state index in [4.69, 9.17) is 0 Å². The Labute approximate surface area is 110 Å². The molecule has 0 radical (unpaired) electrons. The number of aryl methyl sites for hydroxylation is 1. The molecule has 0 amide bonds. The van der Waals surface area contributed by atoms with Crippen molar-refractivity contribution in [2.75, 3.05) is 0 Å². The monoisotopic (exact) mass is 319 g/mol. The van der Waals surface area contributed by atoms with Gasteiger partial charge in [-0.3, -0.25) is 0 Å². The SMILES string of the molecule is Cc1cccc(S(=O)(=O)N(Br)C2CC(O)C2)c1. The van der Waals surface area contributed by atoms with E-state index in [9.17, 15) is 13.5 Å². The lowest BCUT2D eigenvalue weighted by Gasteiger charge is -2.35. The van der Waals surface area contributed by atoms with E-state index in [2.05, 4.69) is 16.1 Å². The van der Waals surface area contributed by atoms with Crippen LogP contribution >= 0.6 is 16.1 Å². The molecule has 0 spiro atoms. The molecule has 1 aromatic carbocycles. The molecule has 17 heavy (non-hydrogen) atoms. The second-order valence-electron chi connectivity index (χ2n) is 4.34. The number of rotatable bonds is 3. The highest BCUT2D eigenvalue weighted by Crippen LogP contribution is 2.32. The van der Waals surface area contributed by atoms with Gasteiger partial charge in [-0.15, -0.1) is 3.33 Å². The van der Waals surface area contributed by atoms with E-state index in [0.29, 0.717) is 12.8 Å². The molecule has 0 aromatic heterocycles. The highest BCUT2D eigenvalue weighted by Gasteiger charge is 2.38. The number of hydrogen-bond donors (Lipinski definition) is 1. The van der Waals surface area contributed by atoms with Gasteiger partial charge in [0, 0.05) is 22.2 Å². The van der Waals surface area contributed by atoms with Crippen LogP contribution in [-0.2, 0) is 10.0 Å². The van der Waals surface area contributed by atoms with Crippen LogP contribution in [0, 0.1) is 6.92 Å². The third kappa shape index (κ3) is 2.54. The van der Waals surface area contributed by atoms with Gasteiger partial charge in [0.25, 0.3) is 10.0 Å². The number of benzene rings is 1. The summed E-state index contributed by atoms with van der Waals surface area (Å²) in [5.74, 6) is 0. The predicted molar refractivity (Wildman–Crippen MR) is 68.2 cm³/mol. The quantitative estimate of drug-likeness (QED) is 0.864. The topological polar surface area (TPSA) is 57.6 Å². The van der Waals surface area contributed by atoms with E-state index in [1.807, 2.05) is 13.0 Å². The lowest BCUT2D eigenvalue weighted by atomic mass is 9.91. The highest BCUT2D eigenvalue weighted by atomic mass is 79.9. The summed E-state index contributed by atoms with van der Waals surface area (Å²) in [6.45, 7) is 1.85. The van der Waals surface area contributed by atoms with Gasteiger partial charge in [0.1, 0.15) is 0 Å². The molecule has 0 aliphatic heterocycles. The van der Waals surface area contributed by atoms with E-state index >= 15 is 0 Å². The van der Waals surface area contributed by atoms with E-state index in [-0.39, 0.29) is 17.0 Å². The van der Waals surface area contributed by atoms with Crippen molar-refractivity contribution in [2.24, 2.45) is 0 Å². The fourth-order valence-corrected chi connectivity index (χ4v) is 3.98. The van der Waals surface area contributed by atoms with Gasteiger partial charge in [0.05, 0.1) is 11.0 Å². The summed E-state index contributed by atoms with van der Waals surface area (Å²) < 4.78 is 25.6. The first-order valence-electron chi connectivity index (χ1n) is 5.36. The van der Waals surface area contributed by atoms with Gasteiger partial charge >= 0.3 is 0 Å². The Bertz CT molecular complexity index is 511. The van der Waals surface area contributed by atoms with Crippen LogP contribution in [0.1, 0.15) is 18.4 Å². The fraction of sp³-hybridized carbons (Fsp3) is 0.455. The molecular weight excluding hydrogens is 306 g/mol. The van der Waals surface area contributed by atoms with Crippen LogP contribution in [0.15, 0.2) is 29.2 Å². The van der Waals surface area contributed by atoms with Crippen molar-refractivity contribution in [3.63, 3.8) is 0 Å². The standard InChI is InChI=1S/C11H14BrNO3S/c1-8-3-2-4-11(5-8)17(15,16)13(12)9-6-10(14)7-9/h2-5,9-10,14H,6-7H2,1H3. The van der Waals surface area contributed by atoms with Crippen molar-refractivity contribution in [3.05, 3.63) is 29.8 Å². The van der Waals surface area contributed by atoms with Crippen LogP contribution < -0.4 is 0 Å². The average Bonchev–Trinajstić information content (AvgIpc) is 2.24. The molecule has 0 heterocycles. The van der Waals surface area contributed by atoms with Gasteiger partial charge in [0.15, 0.2) is 0 Å². The maximum Gasteiger partial charge on any atom is 0.252 e. The smallest absolute Gasteiger partial charge is 0.252 e. The van der Waals surface area contributed by atoms with Crippen molar-refractivity contribution in [3.8, 4) is 0 Å². The minimum absolute atomic E-state index is 0.157. The minimum Gasteiger partial charge on any atom is -0.393 e. The highest BCUT2D eigenvalue weighted by molar-refractivity contribution is 9.08. The van der Waals surface area contributed by atoms with E-state index in [1.54, 1.807) is 18.2 Å². The number of nitrogens with zero attached hydrogens (tertiary/aromatic N) is 1. The normalized spacial score (nSPS) is 24.7. The van der Waals surface area contributed by atoms with Crippen molar-refractivity contribution >= 4 is 26.2 Å². The number of aliphatic hydroxyl groups excluding tert-OH is 1. The molecule has 1 fully saturated rings. The summed E-state index contributed by atoms with van der Waals surface area (Å²) >= 11 is 3.10. The van der Waals surface area contributed by atoms with Gasteiger partial charge in [0.2, 0.25) is 0 Å². The maximum atomic E-state index is 12.2. The van der Waals surface area contributed by atoms with Crippen molar-refractivity contribution in [1.82, 2.24) is 3.33 Å². The Morgan fingerprint density at radius 2 is 2.06 bits per heavy atom. The lowest BCUT2D eigenvalue weighted by molar-refractivity contribution is 0.0555. The second-order valence-corrected chi connectivity index (χ2v) is 7.39. The van der Waals surface area contributed by atoms with Gasteiger partial charge in [-0.25, -0.2) is 8.42 Å². The molecule has 0 bridgehead atoms. The Kier molecular flexibility index (Phi) is 3.58. The van der Waals surface area contributed by atoms with Crippen LogP contribution in [-0.4, -0.2) is 29.0 Å². The minimum atomic E-state index is -3.51. The predicted octanol–water partition coefficient (Wildman–Crippen LogP) is 1.82. The molecule has 1 aliphatic rings. The first kappa shape index (κ1) is 13.0. The van der Waals surface area contributed by atoms with Crippen molar-refractivity contribution in [1.29, 1.82) is 0 Å². The van der Waals surface area contributed by atoms with Crippen molar-refractivity contribution in [2.45, 2.75) is 36.8 Å². The molecule has 0 unspecified atom stereocenters. The van der Waals surface area contributed by atoms with Gasteiger partial charge < -0.3 is 5.11 Å². The summed E-state index contributed by atoms with van der Waals surface area (Å²) in [5.41, 5.74) is 0.903. The summed E-state index contributed by atoms with van der Waals surface area (Å²) in [5, 5.41) is 9.21. The zero-order valence-corrected chi connectivity index (χ0v) is 11.8. The zero-order valence-electron chi connectivity index (χ0n) is 9.38. The zero-order chi connectivity index (χ0) is 12.6. The molecular formula is C11H14BrNO3S. The molecule has 4 nitrogen and oxygen atoms in total. The molecule has 1 saturated carbocycles. The lowest BCUT2D eigenvalue weighted by Crippen LogP contribution is -2.44. The Morgan fingerprint density at radius 3 is 2.59 bits per heavy atom. The van der Waals surface area contributed by atoms with Gasteiger partial charge in [-0.2, -0.15) is 0 Å². The number of hydrogen-bond acceptors (Lipinski definition) is 3. The summed E-state index contributed by atoms with van der Waals surface area (Å²) in [6, 6.07) is 6.63. The van der Waals surface area contributed by atoms with Gasteiger partial charge in [-0.05, 0) is 37.5 Å². The number of aliphatic hydroxyl groups is 1. The first-order chi connectivity index (χ1) is 7.91. The maximum absolute atomic E-state index is 12.2. The molecule has 1 aromatic rings. The Morgan fingerprint density at radius 1 is 1.41 bits per heavy atom. The van der Waals surface area contributed by atoms with Crippen LogP contribution in [0.25, 0.3) is 0 Å². The molecule has 1 aliphatic carbocycles. The molecule has 0 atom stereocenters. The molecule has 0 saturated heterocycles. The van der Waals surface area contributed by atoms with Crippen molar-refractivity contribution < 1.29 is 13.5 Å². The van der Waals surface area contributed by atoms with Gasteiger partial charge in [-0.1, -0.05) is 12.1 Å².